The van der Waals surface area contributed by atoms with Gasteiger partial charge in [0.1, 0.15) is 5.60 Å². The molecule has 1 aliphatic rings. The summed E-state index contributed by atoms with van der Waals surface area (Å²) in [5, 5.41) is 0. The Bertz CT molecular complexity index is 243. The molecule has 2 unspecified atom stereocenters. The van der Waals surface area contributed by atoms with Crippen molar-refractivity contribution in [2.75, 3.05) is 0 Å². The second kappa shape index (κ2) is 5.20. The fourth-order valence-corrected chi connectivity index (χ4v) is 2.80. The van der Waals surface area contributed by atoms with Crippen molar-refractivity contribution in [3.63, 3.8) is 0 Å². The number of carbonyl (C=O) groups excluding carboxylic acids is 1. The monoisotopic (exact) mass is 226 g/mol. The van der Waals surface area contributed by atoms with Crippen molar-refractivity contribution < 1.29 is 9.53 Å². The van der Waals surface area contributed by atoms with Crippen molar-refractivity contribution in [1.29, 1.82) is 0 Å². The van der Waals surface area contributed by atoms with Crippen LogP contribution in [-0.4, -0.2) is 11.6 Å². The van der Waals surface area contributed by atoms with Crippen molar-refractivity contribution in [1.82, 2.24) is 0 Å². The summed E-state index contributed by atoms with van der Waals surface area (Å²) in [6.07, 6.45) is 5.07. The largest absolute Gasteiger partial charge is 0.459 e. The molecule has 0 radical (unpaired) electrons. The van der Waals surface area contributed by atoms with E-state index in [2.05, 4.69) is 20.8 Å². The zero-order chi connectivity index (χ0) is 12.3. The number of hydrogen-bond acceptors (Lipinski definition) is 2. The molecule has 2 nitrogen and oxygen atoms in total. The molecule has 0 N–H and O–H groups in total. The topological polar surface area (TPSA) is 26.3 Å². The van der Waals surface area contributed by atoms with Gasteiger partial charge in [0.2, 0.25) is 0 Å². The Labute approximate surface area is 99.8 Å². The van der Waals surface area contributed by atoms with Crippen LogP contribution in [0.5, 0.6) is 0 Å². The highest BCUT2D eigenvalue weighted by molar-refractivity contribution is 5.72. The zero-order valence-electron chi connectivity index (χ0n) is 11.4. The van der Waals surface area contributed by atoms with Crippen LogP contribution in [0.15, 0.2) is 0 Å². The van der Waals surface area contributed by atoms with E-state index in [1.807, 2.05) is 13.8 Å². The van der Waals surface area contributed by atoms with Crippen LogP contribution in [0.3, 0.4) is 0 Å². The molecule has 0 heterocycles. The summed E-state index contributed by atoms with van der Waals surface area (Å²) in [5.74, 6) is 1.09. The summed E-state index contributed by atoms with van der Waals surface area (Å²) in [6.45, 7) is 10.2. The number of ether oxygens (including phenoxy) is 1. The maximum atomic E-state index is 11.7. The Hall–Kier alpha value is -0.530. The predicted octanol–water partition coefficient (Wildman–Crippen LogP) is 3.79. The minimum atomic E-state index is -0.304. The molecule has 0 saturated heterocycles. The maximum absolute atomic E-state index is 11.7. The summed E-state index contributed by atoms with van der Waals surface area (Å²) in [6, 6.07) is 0. The minimum absolute atomic E-state index is 0.0295. The Morgan fingerprint density at radius 3 is 2.31 bits per heavy atom. The van der Waals surface area contributed by atoms with E-state index in [0.29, 0.717) is 11.8 Å². The minimum Gasteiger partial charge on any atom is -0.459 e. The van der Waals surface area contributed by atoms with Crippen molar-refractivity contribution in [3.05, 3.63) is 0 Å². The van der Waals surface area contributed by atoms with Gasteiger partial charge in [-0.3, -0.25) is 4.79 Å². The van der Waals surface area contributed by atoms with Crippen molar-refractivity contribution in [3.8, 4) is 0 Å². The van der Waals surface area contributed by atoms with Crippen molar-refractivity contribution in [2.24, 2.45) is 17.8 Å². The fraction of sp³-hybridized carbons (Fsp3) is 0.929. The average Bonchev–Trinajstić information content (AvgIpc) is 2.17. The van der Waals surface area contributed by atoms with Crippen LogP contribution < -0.4 is 0 Å². The van der Waals surface area contributed by atoms with Crippen LogP contribution in [0.25, 0.3) is 0 Å². The first-order chi connectivity index (χ1) is 7.34. The molecule has 1 aliphatic carbocycles. The molecule has 1 fully saturated rings. The lowest BCUT2D eigenvalue weighted by Crippen LogP contribution is -2.42. The molecular formula is C14H26O2. The first-order valence-electron chi connectivity index (χ1n) is 6.57. The summed E-state index contributed by atoms with van der Waals surface area (Å²) >= 11 is 0. The Morgan fingerprint density at radius 2 is 1.81 bits per heavy atom. The molecule has 16 heavy (non-hydrogen) atoms. The lowest BCUT2D eigenvalue weighted by Gasteiger charge is -2.40. The van der Waals surface area contributed by atoms with Crippen LogP contribution >= 0.6 is 0 Å². The fourth-order valence-electron chi connectivity index (χ4n) is 2.80. The summed E-state index contributed by atoms with van der Waals surface area (Å²) in [4.78, 5) is 11.7. The van der Waals surface area contributed by atoms with Gasteiger partial charge in [-0.25, -0.2) is 0 Å². The third-order valence-corrected chi connectivity index (χ3v) is 3.84. The van der Waals surface area contributed by atoms with E-state index in [4.69, 9.17) is 4.74 Å². The van der Waals surface area contributed by atoms with Gasteiger partial charge in [0.05, 0.1) is 5.92 Å². The number of esters is 1. The summed E-state index contributed by atoms with van der Waals surface area (Å²) < 4.78 is 5.67. The van der Waals surface area contributed by atoms with Gasteiger partial charge in [0, 0.05) is 5.92 Å². The quantitative estimate of drug-likeness (QED) is 0.684. The van der Waals surface area contributed by atoms with Gasteiger partial charge in [0.15, 0.2) is 0 Å². The first kappa shape index (κ1) is 13.5. The third-order valence-electron chi connectivity index (χ3n) is 3.84. The van der Waals surface area contributed by atoms with Gasteiger partial charge < -0.3 is 4.74 Å². The Balaban J connectivity index is 2.64. The van der Waals surface area contributed by atoms with Gasteiger partial charge in [-0.1, -0.05) is 40.0 Å². The second-order valence-corrected chi connectivity index (χ2v) is 6.05. The van der Waals surface area contributed by atoms with E-state index >= 15 is 0 Å². The number of carbonyl (C=O) groups is 1. The highest BCUT2D eigenvalue weighted by Gasteiger charge is 2.38. The van der Waals surface area contributed by atoms with Crippen molar-refractivity contribution >= 4 is 5.97 Å². The predicted molar refractivity (Wildman–Crippen MR) is 66.1 cm³/mol. The molecule has 0 aromatic carbocycles. The summed E-state index contributed by atoms with van der Waals surface area (Å²) in [5.41, 5.74) is -0.304. The molecule has 1 saturated carbocycles. The lowest BCUT2D eigenvalue weighted by atomic mass is 9.72. The van der Waals surface area contributed by atoms with E-state index in [9.17, 15) is 4.79 Å². The smallest absolute Gasteiger partial charge is 0.308 e. The maximum Gasteiger partial charge on any atom is 0.308 e. The van der Waals surface area contributed by atoms with Crippen LogP contribution in [0.1, 0.15) is 60.3 Å². The molecular weight excluding hydrogens is 200 g/mol. The van der Waals surface area contributed by atoms with E-state index in [1.165, 1.54) is 25.7 Å². The van der Waals surface area contributed by atoms with Gasteiger partial charge in [0.25, 0.3) is 0 Å². The van der Waals surface area contributed by atoms with Crippen LogP contribution in [0.4, 0.5) is 0 Å². The van der Waals surface area contributed by atoms with Gasteiger partial charge in [-0.05, 0) is 26.2 Å². The molecule has 2 heteroatoms. The van der Waals surface area contributed by atoms with Crippen LogP contribution in [0.2, 0.25) is 0 Å². The Morgan fingerprint density at radius 1 is 1.25 bits per heavy atom. The van der Waals surface area contributed by atoms with E-state index in [-0.39, 0.29) is 17.5 Å². The number of rotatable bonds is 3. The molecule has 0 aromatic rings. The van der Waals surface area contributed by atoms with Gasteiger partial charge in [-0.15, -0.1) is 0 Å². The van der Waals surface area contributed by atoms with Crippen LogP contribution in [0, 0.1) is 17.8 Å². The standard InChI is InChI=1S/C14H26O2/c1-10(2)13(15)16-14(4,5)12-9-7-6-8-11(12)3/h10-12H,6-9H2,1-5H3. The molecule has 0 spiro atoms. The highest BCUT2D eigenvalue weighted by atomic mass is 16.6. The SMILES string of the molecule is CC(C)C(=O)OC(C)(C)C1CCCCC1C. The number of hydrogen-bond donors (Lipinski definition) is 0. The first-order valence-corrected chi connectivity index (χ1v) is 6.57. The zero-order valence-corrected chi connectivity index (χ0v) is 11.4. The van der Waals surface area contributed by atoms with Crippen molar-refractivity contribution in [2.45, 2.75) is 65.9 Å². The molecule has 0 aromatic heterocycles. The molecule has 0 aliphatic heterocycles. The third kappa shape index (κ3) is 3.23. The van der Waals surface area contributed by atoms with Crippen LogP contribution in [-0.2, 0) is 9.53 Å². The molecule has 2 atom stereocenters. The van der Waals surface area contributed by atoms with Gasteiger partial charge in [-0.2, -0.15) is 0 Å². The highest BCUT2D eigenvalue weighted by Crippen LogP contribution is 2.39. The molecule has 0 bridgehead atoms. The Kier molecular flexibility index (Phi) is 4.40. The lowest BCUT2D eigenvalue weighted by molar-refractivity contribution is -0.169. The molecule has 94 valence electrons. The average molecular weight is 226 g/mol. The normalized spacial score (nSPS) is 26.9. The van der Waals surface area contributed by atoms with E-state index in [1.54, 1.807) is 0 Å². The second-order valence-electron chi connectivity index (χ2n) is 6.05. The van der Waals surface area contributed by atoms with Gasteiger partial charge >= 0.3 is 5.97 Å². The molecule has 0 amide bonds. The van der Waals surface area contributed by atoms with E-state index < -0.39 is 0 Å². The van der Waals surface area contributed by atoms with E-state index in [0.717, 1.165) is 0 Å². The molecule has 1 rings (SSSR count). The summed E-state index contributed by atoms with van der Waals surface area (Å²) in [7, 11) is 0.